The van der Waals surface area contributed by atoms with E-state index in [4.69, 9.17) is 4.74 Å². The average molecular weight is 227 g/mol. The van der Waals surface area contributed by atoms with Crippen molar-refractivity contribution in [3.8, 4) is 0 Å². The van der Waals surface area contributed by atoms with Crippen LogP contribution in [0.15, 0.2) is 0 Å². The molecular weight excluding hydrogens is 206 g/mol. The Balaban J connectivity index is 1.93. The number of aliphatic hydroxyl groups excluding tert-OH is 1. The minimum atomic E-state index is -0.800. The third-order valence-corrected chi connectivity index (χ3v) is 5.08. The van der Waals surface area contributed by atoms with Crippen LogP contribution in [0.25, 0.3) is 0 Å². The van der Waals surface area contributed by atoms with Crippen molar-refractivity contribution in [3.63, 3.8) is 0 Å². The molecule has 0 spiro atoms. The fraction of sp³-hybridized carbons (Fsp3) is 1.00. The van der Waals surface area contributed by atoms with Gasteiger partial charge in [0.2, 0.25) is 0 Å². The molecule has 16 heavy (non-hydrogen) atoms. The maximum Gasteiger partial charge on any atom is 0.0994 e. The van der Waals surface area contributed by atoms with E-state index < -0.39 is 5.60 Å². The van der Waals surface area contributed by atoms with Gasteiger partial charge in [-0.1, -0.05) is 0 Å². The zero-order valence-electron chi connectivity index (χ0n) is 9.69. The summed E-state index contributed by atoms with van der Waals surface area (Å²) in [6, 6.07) is 0. The molecule has 4 nitrogen and oxygen atoms in total. The summed E-state index contributed by atoms with van der Waals surface area (Å²) in [5, 5.41) is 20.6. The number of piperidine rings is 3. The highest BCUT2D eigenvalue weighted by Gasteiger charge is 2.59. The molecule has 4 aliphatic rings. The number of fused-ring (bicyclic) bond motifs is 3. The summed E-state index contributed by atoms with van der Waals surface area (Å²) >= 11 is 0. The Labute approximate surface area is 96.2 Å². The van der Waals surface area contributed by atoms with Crippen molar-refractivity contribution in [2.24, 2.45) is 11.3 Å². The molecule has 0 aromatic heterocycles. The quantitative estimate of drug-likeness (QED) is 0.688. The Bertz CT molecular complexity index is 269. The Kier molecular flexibility index (Phi) is 2.51. The third kappa shape index (κ3) is 1.30. The smallest absolute Gasteiger partial charge is 0.0994 e. The minimum absolute atomic E-state index is 0.0913. The van der Waals surface area contributed by atoms with E-state index in [2.05, 4.69) is 4.90 Å². The molecule has 92 valence electrons. The molecule has 2 atom stereocenters. The normalized spacial score (nSPS) is 52.1. The van der Waals surface area contributed by atoms with Crippen molar-refractivity contribution in [2.45, 2.75) is 24.9 Å². The molecule has 0 saturated carbocycles. The largest absolute Gasteiger partial charge is 0.396 e. The summed E-state index contributed by atoms with van der Waals surface area (Å²) in [5.41, 5.74) is -1.13. The summed E-state index contributed by atoms with van der Waals surface area (Å²) in [6.07, 6.45) is 2.91. The van der Waals surface area contributed by atoms with E-state index in [1.54, 1.807) is 0 Å². The molecule has 2 N–H and O–H groups in total. The zero-order valence-corrected chi connectivity index (χ0v) is 9.69. The van der Waals surface area contributed by atoms with Crippen LogP contribution in [0.1, 0.15) is 19.3 Å². The van der Waals surface area contributed by atoms with E-state index in [0.29, 0.717) is 25.6 Å². The first-order chi connectivity index (χ1) is 7.70. The molecule has 4 saturated heterocycles. The lowest BCUT2D eigenvalue weighted by molar-refractivity contribution is -0.187. The molecule has 0 aromatic rings. The van der Waals surface area contributed by atoms with E-state index in [1.165, 1.54) is 0 Å². The number of hydrogen-bond donors (Lipinski definition) is 2. The van der Waals surface area contributed by atoms with Gasteiger partial charge in [-0.05, 0) is 31.8 Å². The van der Waals surface area contributed by atoms with Crippen LogP contribution in [-0.4, -0.2) is 60.2 Å². The summed E-state index contributed by atoms with van der Waals surface area (Å²) in [7, 11) is 0. The maximum atomic E-state index is 10.8. The lowest BCUT2D eigenvalue weighted by atomic mass is 9.58. The van der Waals surface area contributed by atoms with Gasteiger partial charge >= 0.3 is 0 Å². The lowest BCUT2D eigenvalue weighted by Gasteiger charge is -2.58. The van der Waals surface area contributed by atoms with Crippen LogP contribution in [0.2, 0.25) is 0 Å². The van der Waals surface area contributed by atoms with Crippen LogP contribution in [0.3, 0.4) is 0 Å². The van der Waals surface area contributed by atoms with Crippen LogP contribution in [0.4, 0.5) is 0 Å². The van der Waals surface area contributed by atoms with E-state index in [1.807, 2.05) is 0 Å². The van der Waals surface area contributed by atoms with Crippen LogP contribution in [0.5, 0.6) is 0 Å². The summed E-state index contributed by atoms with van der Waals surface area (Å²) < 4.78 is 5.37. The zero-order chi connectivity index (χ0) is 11.2. The van der Waals surface area contributed by atoms with Crippen LogP contribution < -0.4 is 0 Å². The third-order valence-electron chi connectivity index (χ3n) is 5.08. The molecule has 0 aliphatic carbocycles. The number of ether oxygens (including phenoxy) is 1. The molecule has 4 heterocycles. The highest BCUT2D eigenvalue weighted by Crippen LogP contribution is 2.51. The van der Waals surface area contributed by atoms with E-state index in [0.717, 1.165) is 32.5 Å². The Morgan fingerprint density at radius 1 is 1.31 bits per heavy atom. The standard InChI is InChI=1S/C12H21NO3/c14-8-11(12(15)3-6-16-9-12)7-13-4-1-10(11)2-5-13/h10,14-15H,1-9H2. The first-order valence-corrected chi connectivity index (χ1v) is 6.34. The number of aliphatic hydroxyl groups is 2. The van der Waals surface area contributed by atoms with Gasteiger partial charge in [0.15, 0.2) is 0 Å². The lowest BCUT2D eigenvalue weighted by Crippen LogP contribution is -2.66. The molecule has 4 rings (SSSR count). The predicted octanol–water partition coefficient (Wildman–Crippen LogP) is -0.158. The van der Waals surface area contributed by atoms with Crippen molar-refractivity contribution >= 4 is 0 Å². The molecular formula is C12H21NO3. The monoisotopic (exact) mass is 227 g/mol. The van der Waals surface area contributed by atoms with E-state index in [-0.39, 0.29) is 12.0 Å². The predicted molar refractivity (Wildman–Crippen MR) is 59.1 cm³/mol. The van der Waals surface area contributed by atoms with Gasteiger partial charge in [0.05, 0.1) is 18.8 Å². The Hall–Kier alpha value is -0.160. The first kappa shape index (κ1) is 11.0. The van der Waals surface area contributed by atoms with Crippen LogP contribution in [-0.2, 0) is 4.74 Å². The van der Waals surface area contributed by atoms with Crippen LogP contribution >= 0.6 is 0 Å². The van der Waals surface area contributed by atoms with Crippen molar-refractivity contribution in [1.82, 2.24) is 4.90 Å². The minimum Gasteiger partial charge on any atom is -0.396 e. The maximum absolute atomic E-state index is 10.8. The van der Waals surface area contributed by atoms with Gasteiger partial charge in [-0.2, -0.15) is 0 Å². The molecule has 4 heteroatoms. The second-order valence-corrected chi connectivity index (χ2v) is 5.70. The summed E-state index contributed by atoms with van der Waals surface area (Å²) in [6.45, 7) is 4.22. The molecule has 2 bridgehead atoms. The highest BCUT2D eigenvalue weighted by atomic mass is 16.5. The molecule has 4 aliphatic heterocycles. The van der Waals surface area contributed by atoms with Gasteiger partial charge in [-0.25, -0.2) is 0 Å². The molecule has 0 amide bonds. The first-order valence-electron chi connectivity index (χ1n) is 6.34. The van der Waals surface area contributed by atoms with Gasteiger partial charge in [0.25, 0.3) is 0 Å². The van der Waals surface area contributed by atoms with E-state index in [9.17, 15) is 10.2 Å². The van der Waals surface area contributed by atoms with Gasteiger partial charge in [-0.15, -0.1) is 0 Å². The Morgan fingerprint density at radius 2 is 2.06 bits per heavy atom. The fourth-order valence-corrected chi connectivity index (χ4v) is 3.97. The van der Waals surface area contributed by atoms with Crippen LogP contribution in [0, 0.1) is 11.3 Å². The van der Waals surface area contributed by atoms with Gasteiger partial charge in [0.1, 0.15) is 0 Å². The Morgan fingerprint density at radius 3 is 2.50 bits per heavy atom. The number of rotatable bonds is 2. The summed E-state index contributed by atoms with van der Waals surface area (Å²) in [4.78, 5) is 2.38. The molecule has 0 aromatic carbocycles. The topological polar surface area (TPSA) is 52.9 Å². The highest BCUT2D eigenvalue weighted by molar-refractivity contribution is 5.09. The second-order valence-electron chi connectivity index (χ2n) is 5.70. The molecule has 4 fully saturated rings. The van der Waals surface area contributed by atoms with Gasteiger partial charge < -0.3 is 19.8 Å². The van der Waals surface area contributed by atoms with E-state index >= 15 is 0 Å². The second kappa shape index (κ2) is 3.67. The van der Waals surface area contributed by atoms with Gasteiger partial charge in [-0.3, -0.25) is 0 Å². The van der Waals surface area contributed by atoms with Gasteiger partial charge in [0, 0.05) is 25.0 Å². The van der Waals surface area contributed by atoms with Crippen molar-refractivity contribution in [3.05, 3.63) is 0 Å². The number of hydrogen-bond acceptors (Lipinski definition) is 4. The van der Waals surface area contributed by atoms with Crippen molar-refractivity contribution < 1.29 is 14.9 Å². The number of nitrogens with zero attached hydrogens (tertiary/aromatic N) is 1. The molecule has 0 radical (unpaired) electrons. The fourth-order valence-electron chi connectivity index (χ4n) is 3.97. The summed E-state index contributed by atoms with van der Waals surface area (Å²) in [5.74, 6) is 0.467. The van der Waals surface area contributed by atoms with Crippen molar-refractivity contribution in [2.75, 3.05) is 39.5 Å². The average Bonchev–Trinajstić information content (AvgIpc) is 2.79. The molecule has 2 unspecified atom stereocenters. The SMILES string of the molecule is OCC1(C2(O)CCOC2)CN2CCC1CC2. The van der Waals surface area contributed by atoms with Crippen molar-refractivity contribution in [1.29, 1.82) is 0 Å².